The largest absolute Gasteiger partial charge is 0.507 e. The number of hydrogen-bond donors (Lipinski definition) is 2. The van der Waals surface area contributed by atoms with E-state index in [2.05, 4.69) is 10.5 Å². The van der Waals surface area contributed by atoms with Crippen LogP contribution in [0.3, 0.4) is 0 Å². The van der Waals surface area contributed by atoms with E-state index in [4.69, 9.17) is 11.6 Å². The van der Waals surface area contributed by atoms with Crippen LogP contribution in [0.15, 0.2) is 23.3 Å². The number of phenols is 1. The van der Waals surface area contributed by atoms with Crippen LogP contribution in [0.5, 0.6) is 5.75 Å². The summed E-state index contributed by atoms with van der Waals surface area (Å²) in [4.78, 5) is 12.2. The number of amides is 1. The maximum absolute atomic E-state index is 12.2. The molecule has 0 spiro atoms. The molecule has 0 aromatic heterocycles. The number of nitrogens with one attached hydrogen (secondary N) is 1. The lowest BCUT2D eigenvalue weighted by Gasteiger charge is -2.50. The Morgan fingerprint density at radius 2 is 1.77 bits per heavy atom. The summed E-state index contributed by atoms with van der Waals surface area (Å²) in [7, 11) is 0. The number of rotatable bonds is 2. The van der Waals surface area contributed by atoms with Gasteiger partial charge in [-0.3, -0.25) is 4.79 Å². The fraction of sp³-hybridized carbons (Fsp3) is 0.529. The number of carbonyl (C=O) groups excluding carboxylic acids is 1. The Labute approximate surface area is 134 Å². The molecule has 1 amide bonds. The van der Waals surface area contributed by atoms with Gasteiger partial charge in [0.05, 0.1) is 5.56 Å². The van der Waals surface area contributed by atoms with Gasteiger partial charge in [-0.2, -0.15) is 5.10 Å². The van der Waals surface area contributed by atoms with Gasteiger partial charge in [0.2, 0.25) is 0 Å². The Morgan fingerprint density at radius 1 is 1.14 bits per heavy atom. The summed E-state index contributed by atoms with van der Waals surface area (Å²) in [5, 5.41) is 14.6. The summed E-state index contributed by atoms with van der Waals surface area (Å²) in [6, 6.07) is 4.47. The van der Waals surface area contributed by atoms with Crippen molar-refractivity contribution < 1.29 is 9.90 Å². The predicted octanol–water partition coefficient (Wildman–Crippen LogP) is 3.59. The number of benzene rings is 1. The first-order chi connectivity index (χ1) is 10.6. The molecular formula is C17H19ClN2O2. The quantitative estimate of drug-likeness (QED) is 0.819. The van der Waals surface area contributed by atoms with Crippen molar-refractivity contribution in [1.82, 2.24) is 5.43 Å². The normalized spacial score (nSPS) is 32.1. The number of aromatic hydroxyl groups is 1. The van der Waals surface area contributed by atoms with Crippen LogP contribution in [0, 0.1) is 23.7 Å². The Hall–Kier alpha value is -1.55. The van der Waals surface area contributed by atoms with E-state index in [9.17, 15) is 9.90 Å². The number of nitrogens with zero attached hydrogens (tertiary/aromatic N) is 1. The zero-order valence-corrected chi connectivity index (χ0v) is 13.0. The Bertz CT molecular complexity index is 626. The van der Waals surface area contributed by atoms with E-state index in [1.54, 1.807) is 6.07 Å². The van der Waals surface area contributed by atoms with Gasteiger partial charge in [-0.1, -0.05) is 11.6 Å². The zero-order chi connectivity index (χ0) is 15.3. The highest BCUT2D eigenvalue weighted by Gasteiger charge is 2.46. The van der Waals surface area contributed by atoms with Gasteiger partial charge in [0.25, 0.3) is 5.91 Å². The molecule has 4 saturated carbocycles. The third kappa shape index (κ3) is 2.39. The van der Waals surface area contributed by atoms with Crippen molar-refractivity contribution in [3.63, 3.8) is 0 Å². The minimum absolute atomic E-state index is 0.115. The molecule has 1 aromatic rings. The SMILES string of the molecule is O=C(NN=C1C2CC3CC(C2)CC1C3)c1ccc(Cl)cc1O. The molecule has 4 aliphatic rings. The molecule has 116 valence electrons. The molecule has 0 aliphatic heterocycles. The first-order valence-corrected chi connectivity index (χ1v) is 8.34. The van der Waals surface area contributed by atoms with Crippen LogP contribution in [0.4, 0.5) is 0 Å². The molecule has 22 heavy (non-hydrogen) atoms. The van der Waals surface area contributed by atoms with E-state index in [0.29, 0.717) is 16.9 Å². The number of hydrogen-bond acceptors (Lipinski definition) is 3. The lowest BCUT2D eigenvalue weighted by atomic mass is 9.55. The summed E-state index contributed by atoms with van der Waals surface area (Å²) in [6.07, 6.45) is 6.31. The van der Waals surface area contributed by atoms with Gasteiger partial charge in [0.15, 0.2) is 0 Å². The summed E-state index contributed by atoms with van der Waals surface area (Å²) < 4.78 is 0. The molecule has 5 rings (SSSR count). The molecule has 0 saturated heterocycles. The summed E-state index contributed by atoms with van der Waals surface area (Å²) in [6.45, 7) is 0. The smallest absolute Gasteiger partial charge is 0.275 e. The fourth-order valence-corrected chi connectivity index (χ4v) is 4.89. The van der Waals surface area contributed by atoms with E-state index in [1.807, 2.05) is 0 Å². The van der Waals surface area contributed by atoms with Crippen molar-refractivity contribution in [1.29, 1.82) is 0 Å². The molecular weight excluding hydrogens is 300 g/mol. The van der Waals surface area contributed by atoms with Crippen LogP contribution >= 0.6 is 11.6 Å². The molecule has 4 aliphatic carbocycles. The Balaban J connectivity index is 1.51. The molecule has 1 aromatic carbocycles. The van der Waals surface area contributed by atoms with Crippen molar-refractivity contribution in [3.05, 3.63) is 28.8 Å². The molecule has 0 unspecified atom stereocenters. The van der Waals surface area contributed by atoms with Gasteiger partial charge in [-0.15, -0.1) is 0 Å². The lowest BCUT2D eigenvalue weighted by molar-refractivity contribution is 0.0940. The van der Waals surface area contributed by atoms with Crippen molar-refractivity contribution in [2.24, 2.45) is 28.8 Å². The molecule has 4 nitrogen and oxygen atoms in total. The summed E-state index contributed by atoms with van der Waals surface area (Å²) in [5.41, 5.74) is 4.01. The molecule has 0 heterocycles. The second kappa shape index (κ2) is 5.27. The van der Waals surface area contributed by atoms with Crippen LogP contribution < -0.4 is 5.43 Å². The molecule has 0 atom stereocenters. The van der Waals surface area contributed by atoms with Crippen molar-refractivity contribution in [3.8, 4) is 5.75 Å². The number of hydrazone groups is 1. The first kappa shape index (κ1) is 14.1. The molecule has 4 fully saturated rings. The van der Waals surface area contributed by atoms with Crippen molar-refractivity contribution in [2.75, 3.05) is 0 Å². The average molecular weight is 319 g/mol. The molecule has 4 bridgehead atoms. The minimum atomic E-state index is -0.379. The van der Waals surface area contributed by atoms with E-state index < -0.39 is 0 Å². The zero-order valence-electron chi connectivity index (χ0n) is 12.3. The second-order valence-electron chi connectivity index (χ2n) is 6.94. The van der Waals surface area contributed by atoms with Gasteiger partial charge in [0.1, 0.15) is 5.75 Å². The average Bonchev–Trinajstić information content (AvgIpc) is 2.45. The van der Waals surface area contributed by atoms with Crippen LogP contribution in [0.25, 0.3) is 0 Å². The highest BCUT2D eigenvalue weighted by Crippen LogP contribution is 2.52. The summed E-state index contributed by atoms with van der Waals surface area (Å²) >= 11 is 5.78. The van der Waals surface area contributed by atoms with Gasteiger partial charge >= 0.3 is 0 Å². The van der Waals surface area contributed by atoms with E-state index >= 15 is 0 Å². The highest BCUT2D eigenvalue weighted by molar-refractivity contribution is 6.30. The van der Waals surface area contributed by atoms with E-state index in [0.717, 1.165) is 11.8 Å². The second-order valence-corrected chi connectivity index (χ2v) is 7.38. The van der Waals surface area contributed by atoms with Crippen molar-refractivity contribution in [2.45, 2.75) is 32.1 Å². The molecule has 2 N–H and O–H groups in total. The Kier molecular flexibility index (Phi) is 3.37. The predicted molar refractivity (Wildman–Crippen MR) is 85.1 cm³/mol. The van der Waals surface area contributed by atoms with Gasteiger partial charge in [-0.25, -0.2) is 5.43 Å². The van der Waals surface area contributed by atoms with E-state index in [-0.39, 0.29) is 17.2 Å². The topological polar surface area (TPSA) is 61.7 Å². The maximum Gasteiger partial charge on any atom is 0.275 e. The monoisotopic (exact) mass is 318 g/mol. The molecule has 5 heteroatoms. The third-order valence-corrected chi connectivity index (χ3v) is 5.70. The van der Waals surface area contributed by atoms with Crippen LogP contribution in [-0.2, 0) is 0 Å². The summed E-state index contributed by atoms with van der Waals surface area (Å²) in [5.74, 6) is 2.35. The maximum atomic E-state index is 12.2. The number of halogens is 1. The van der Waals surface area contributed by atoms with Crippen LogP contribution in [-0.4, -0.2) is 16.7 Å². The van der Waals surface area contributed by atoms with Crippen LogP contribution in [0.1, 0.15) is 42.5 Å². The molecule has 0 radical (unpaired) electrons. The minimum Gasteiger partial charge on any atom is -0.507 e. The fourth-order valence-electron chi connectivity index (χ4n) is 4.72. The van der Waals surface area contributed by atoms with E-state index in [1.165, 1.54) is 49.9 Å². The van der Waals surface area contributed by atoms with Crippen LogP contribution in [0.2, 0.25) is 5.02 Å². The number of carbonyl (C=O) groups is 1. The third-order valence-electron chi connectivity index (χ3n) is 5.47. The van der Waals surface area contributed by atoms with Gasteiger partial charge in [-0.05, 0) is 74.0 Å². The Morgan fingerprint density at radius 3 is 2.36 bits per heavy atom. The lowest BCUT2D eigenvalue weighted by Crippen LogP contribution is -2.46. The highest BCUT2D eigenvalue weighted by atomic mass is 35.5. The standard InChI is InChI=1S/C17H19ClN2O2/c18-13-1-2-14(15(21)8-13)17(22)20-19-16-11-4-9-3-10(6-11)7-12(16)5-9/h1-2,8-12,21H,3-7H2,(H,20,22). The first-order valence-electron chi connectivity index (χ1n) is 7.96. The van der Waals surface area contributed by atoms with Crippen molar-refractivity contribution >= 4 is 23.2 Å². The van der Waals surface area contributed by atoms with Gasteiger partial charge in [0, 0.05) is 10.7 Å². The number of phenolic OH excluding ortho intramolecular Hbond substituents is 1. The van der Waals surface area contributed by atoms with Gasteiger partial charge < -0.3 is 5.11 Å².